The van der Waals surface area contributed by atoms with Crippen molar-refractivity contribution < 1.29 is 14.3 Å². The number of amides is 1. The molecule has 0 radical (unpaired) electrons. The first-order valence-corrected chi connectivity index (χ1v) is 8.34. The van der Waals surface area contributed by atoms with Gasteiger partial charge in [0.2, 0.25) is 5.91 Å². The van der Waals surface area contributed by atoms with E-state index in [-0.39, 0.29) is 11.9 Å². The van der Waals surface area contributed by atoms with Crippen LogP contribution in [-0.4, -0.2) is 31.1 Å². The lowest BCUT2D eigenvalue weighted by Gasteiger charge is -2.36. The number of anilines is 2. The number of hydrogen-bond acceptors (Lipinski definition) is 4. The van der Waals surface area contributed by atoms with Crippen LogP contribution in [0, 0.1) is 0 Å². The van der Waals surface area contributed by atoms with Crippen molar-refractivity contribution in [2.45, 2.75) is 52.0 Å². The molecule has 5 heteroatoms. The first-order chi connectivity index (χ1) is 11.1. The Morgan fingerprint density at radius 1 is 1.22 bits per heavy atom. The topological polar surface area (TPSA) is 58.6 Å². The molecule has 1 aromatic rings. The van der Waals surface area contributed by atoms with E-state index in [9.17, 15) is 9.59 Å². The highest BCUT2D eigenvalue weighted by molar-refractivity contribution is 5.89. The number of nitrogens with one attached hydrogen (secondary N) is 1. The van der Waals surface area contributed by atoms with E-state index in [4.69, 9.17) is 4.74 Å². The Kier molecular flexibility index (Phi) is 6.44. The van der Waals surface area contributed by atoms with E-state index in [1.807, 2.05) is 24.3 Å². The number of nitrogens with zero attached hydrogens (tertiary/aromatic N) is 1. The van der Waals surface area contributed by atoms with Gasteiger partial charge in [-0.25, -0.2) is 0 Å². The molecule has 1 aliphatic rings. The molecule has 126 valence electrons. The van der Waals surface area contributed by atoms with Gasteiger partial charge in [-0.15, -0.1) is 0 Å². The van der Waals surface area contributed by atoms with E-state index in [0.29, 0.717) is 19.2 Å². The molecule has 23 heavy (non-hydrogen) atoms. The number of hydrogen-bond donors (Lipinski definition) is 1. The SMILES string of the molecule is CC(=O)Nc1cccc(N(CCOC(C)=O)C2CCCCC2)c1. The molecule has 1 aliphatic carbocycles. The lowest BCUT2D eigenvalue weighted by atomic mass is 9.93. The first-order valence-electron chi connectivity index (χ1n) is 8.34. The molecular weight excluding hydrogens is 292 g/mol. The lowest BCUT2D eigenvalue weighted by molar-refractivity contribution is -0.140. The molecule has 0 saturated heterocycles. The van der Waals surface area contributed by atoms with Crippen LogP contribution in [0.4, 0.5) is 11.4 Å². The summed E-state index contributed by atoms with van der Waals surface area (Å²) in [6, 6.07) is 8.34. The minimum Gasteiger partial charge on any atom is -0.464 e. The van der Waals surface area contributed by atoms with Crippen molar-refractivity contribution in [1.29, 1.82) is 0 Å². The highest BCUT2D eigenvalue weighted by Crippen LogP contribution is 2.28. The Hall–Kier alpha value is -2.04. The summed E-state index contributed by atoms with van der Waals surface area (Å²) >= 11 is 0. The van der Waals surface area contributed by atoms with E-state index >= 15 is 0 Å². The van der Waals surface area contributed by atoms with Crippen LogP contribution in [0.5, 0.6) is 0 Å². The van der Waals surface area contributed by atoms with Crippen LogP contribution >= 0.6 is 0 Å². The van der Waals surface area contributed by atoms with Gasteiger partial charge < -0.3 is 15.0 Å². The van der Waals surface area contributed by atoms with Gasteiger partial charge in [-0.1, -0.05) is 25.3 Å². The number of carbonyl (C=O) groups is 2. The maximum atomic E-state index is 11.3. The maximum absolute atomic E-state index is 11.3. The zero-order chi connectivity index (χ0) is 16.7. The molecule has 1 amide bonds. The van der Waals surface area contributed by atoms with Crippen molar-refractivity contribution in [3.63, 3.8) is 0 Å². The van der Waals surface area contributed by atoms with Crippen molar-refractivity contribution in [3.8, 4) is 0 Å². The molecule has 0 aliphatic heterocycles. The van der Waals surface area contributed by atoms with Crippen LogP contribution < -0.4 is 10.2 Å². The zero-order valence-electron chi connectivity index (χ0n) is 14.0. The Morgan fingerprint density at radius 3 is 2.61 bits per heavy atom. The molecule has 0 atom stereocenters. The van der Waals surface area contributed by atoms with E-state index < -0.39 is 0 Å². The standard InChI is InChI=1S/C18H26N2O3/c1-14(21)19-16-7-6-10-18(13-16)20(11-12-23-15(2)22)17-8-4-3-5-9-17/h6-7,10,13,17H,3-5,8-9,11-12H2,1-2H3,(H,19,21). The van der Waals surface area contributed by atoms with Gasteiger partial charge >= 0.3 is 5.97 Å². The van der Waals surface area contributed by atoms with E-state index in [0.717, 1.165) is 24.2 Å². The summed E-state index contributed by atoms with van der Waals surface area (Å²) in [6.45, 7) is 4.00. The monoisotopic (exact) mass is 318 g/mol. The molecule has 1 N–H and O–H groups in total. The minimum atomic E-state index is -0.249. The second-order valence-electron chi connectivity index (χ2n) is 6.06. The number of benzene rings is 1. The fraction of sp³-hybridized carbons (Fsp3) is 0.556. The summed E-state index contributed by atoms with van der Waals surface area (Å²) in [7, 11) is 0. The van der Waals surface area contributed by atoms with E-state index in [2.05, 4.69) is 10.2 Å². The molecule has 1 fully saturated rings. The number of carbonyl (C=O) groups excluding carboxylic acids is 2. The third kappa shape index (κ3) is 5.58. The predicted molar refractivity (Wildman–Crippen MR) is 91.6 cm³/mol. The average molecular weight is 318 g/mol. The van der Waals surface area contributed by atoms with Gasteiger partial charge in [0.25, 0.3) is 0 Å². The second kappa shape index (κ2) is 8.56. The largest absolute Gasteiger partial charge is 0.464 e. The van der Waals surface area contributed by atoms with Crippen LogP contribution in [0.1, 0.15) is 46.0 Å². The Labute approximate surface area is 138 Å². The molecule has 0 aromatic heterocycles. The third-order valence-electron chi connectivity index (χ3n) is 4.15. The van der Waals surface area contributed by atoms with Crippen molar-refractivity contribution in [2.75, 3.05) is 23.4 Å². The summed E-state index contributed by atoms with van der Waals surface area (Å²) in [5, 5.41) is 2.83. The fourth-order valence-corrected chi connectivity index (χ4v) is 3.17. The van der Waals surface area contributed by atoms with Crippen molar-refractivity contribution in [2.24, 2.45) is 0 Å². The van der Waals surface area contributed by atoms with Gasteiger partial charge in [0.15, 0.2) is 0 Å². The first kappa shape index (κ1) is 17.3. The van der Waals surface area contributed by atoms with Gasteiger partial charge in [-0.2, -0.15) is 0 Å². The normalized spacial score (nSPS) is 15.0. The van der Waals surface area contributed by atoms with Crippen LogP contribution in [0.2, 0.25) is 0 Å². The molecular formula is C18H26N2O3. The Morgan fingerprint density at radius 2 is 1.96 bits per heavy atom. The summed E-state index contributed by atoms with van der Waals surface area (Å²) in [6.07, 6.45) is 6.08. The fourth-order valence-electron chi connectivity index (χ4n) is 3.17. The van der Waals surface area contributed by atoms with Crippen LogP contribution in [0.25, 0.3) is 0 Å². The summed E-state index contributed by atoms with van der Waals surface area (Å²) < 4.78 is 5.13. The van der Waals surface area contributed by atoms with Crippen LogP contribution in [0.15, 0.2) is 24.3 Å². The third-order valence-corrected chi connectivity index (χ3v) is 4.15. The zero-order valence-corrected chi connectivity index (χ0v) is 14.0. The van der Waals surface area contributed by atoms with Crippen molar-refractivity contribution in [3.05, 3.63) is 24.3 Å². The molecule has 0 bridgehead atoms. The van der Waals surface area contributed by atoms with Crippen LogP contribution in [-0.2, 0) is 14.3 Å². The van der Waals surface area contributed by atoms with Gasteiger partial charge in [0.05, 0.1) is 6.54 Å². The number of esters is 1. The Balaban J connectivity index is 2.13. The molecule has 0 heterocycles. The van der Waals surface area contributed by atoms with Crippen molar-refractivity contribution >= 4 is 23.3 Å². The molecule has 5 nitrogen and oxygen atoms in total. The highest BCUT2D eigenvalue weighted by Gasteiger charge is 2.21. The summed E-state index contributed by atoms with van der Waals surface area (Å²) in [5.41, 5.74) is 1.86. The number of ether oxygens (including phenoxy) is 1. The molecule has 1 saturated carbocycles. The molecule has 1 aromatic carbocycles. The van der Waals surface area contributed by atoms with Gasteiger partial charge in [0.1, 0.15) is 6.61 Å². The average Bonchev–Trinajstić information content (AvgIpc) is 2.52. The highest BCUT2D eigenvalue weighted by atomic mass is 16.5. The Bertz CT molecular complexity index is 539. The lowest BCUT2D eigenvalue weighted by Crippen LogP contribution is -2.39. The van der Waals surface area contributed by atoms with Gasteiger partial charge in [-0.3, -0.25) is 9.59 Å². The van der Waals surface area contributed by atoms with E-state index in [1.54, 1.807) is 0 Å². The van der Waals surface area contributed by atoms with Gasteiger partial charge in [-0.05, 0) is 31.0 Å². The number of rotatable bonds is 6. The molecule has 0 spiro atoms. The molecule has 0 unspecified atom stereocenters. The van der Waals surface area contributed by atoms with Crippen LogP contribution in [0.3, 0.4) is 0 Å². The predicted octanol–water partition coefficient (Wildman–Crippen LogP) is 3.35. The summed E-state index contributed by atoms with van der Waals surface area (Å²) in [5.74, 6) is -0.327. The van der Waals surface area contributed by atoms with Crippen molar-refractivity contribution in [1.82, 2.24) is 0 Å². The quantitative estimate of drug-likeness (QED) is 0.817. The minimum absolute atomic E-state index is 0.0775. The second-order valence-corrected chi connectivity index (χ2v) is 6.06. The summed E-state index contributed by atoms with van der Waals surface area (Å²) in [4.78, 5) is 24.6. The van der Waals surface area contributed by atoms with E-state index in [1.165, 1.54) is 33.1 Å². The maximum Gasteiger partial charge on any atom is 0.302 e. The van der Waals surface area contributed by atoms with Gasteiger partial charge in [0, 0.05) is 31.3 Å². The smallest absolute Gasteiger partial charge is 0.302 e. The molecule has 2 rings (SSSR count).